The van der Waals surface area contributed by atoms with Crippen LogP contribution in [0.3, 0.4) is 0 Å². The molecular weight excluding hydrogens is 443 g/mol. The van der Waals surface area contributed by atoms with Gasteiger partial charge in [-0.25, -0.2) is 12.8 Å². The summed E-state index contributed by atoms with van der Waals surface area (Å²) in [5, 5.41) is 0. The predicted molar refractivity (Wildman–Crippen MR) is 126 cm³/mol. The van der Waals surface area contributed by atoms with Gasteiger partial charge in [-0.1, -0.05) is 12.1 Å². The molecule has 33 heavy (non-hydrogen) atoms. The van der Waals surface area contributed by atoms with Crippen molar-refractivity contribution in [2.45, 2.75) is 31.1 Å². The Labute approximate surface area is 193 Å². The summed E-state index contributed by atoms with van der Waals surface area (Å²) < 4.78 is 38.8. The SMILES string of the molecule is CC(=O)c1ccc(N2CCN(C(=O)c3cc(S(C)(=O)=O)ccc3C3=CCCC3)CC2)c(F)c1. The van der Waals surface area contributed by atoms with E-state index in [4.69, 9.17) is 0 Å². The zero-order valence-corrected chi connectivity index (χ0v) is 19.6. The van der Waals surface area contributed by atoms with Crippen molar-refractivity contribution < 1.29 is 22.4 Å². The molecule has 0 bridgehead atoms. The number of allylic oxidation sites excluding steroid dienone is 2. The summed E-state index contributed by atoms with van der Waals surface area (Å²) in [5.41, 5.74) is 2.99. The van der Waals surface area contributed by atoms with Crippen LogP contribution in [-0.2, 0) is 9.84 Å². The van der Waals surface area contributed by atoms with Crippen LogP contribution in [0.5, 0.6) is 0 Å². The Morgan fingerprint density at radius 3 is 2.30 bits per heavy atom. The summed E-state index contributed by atoms with van der Waals surface area (Å²) in [5.74, 6) is -0.866. The minimum atomic E-state index is -3.45. The molecule has 2 aromatic rings. The first-order valence-electron chi connectivity index (χ1n) is 11.0. The predicted octanol–water partition coefficient (Wildman–Crippen LogP) is 3.96. The first-order chi connectivity index (χ1) is 15.6. The second-order valence-electron chi connectivity index (χ2n) is 8.60. The average molecular weight is 471 g/mol. The van der Waals surface area contributed by atoms with E-state index in [2.05, 4.69) is 6.08 Å². The number of rotatable bonds is 5. The molecule has 2 aliphatic rings. The van der Waals surface area contributed by atoms with Gasteiger partial charge in [0.25, 0.3) is 5.91 Å². The van der Waals surface area contributed by atoms with Crippen molar-refractivity contribution in [2.75, 3.05) is 37.3 Å². The minimum Gasteiger partial charge on any atom is -0.366 e. The van der Waals surface area contributed by atoms with Crippen molar-refractivity contribution in [2.24, 2.45) is 0 Å². The molecule has 8 heteroatoms. The molecule has 0 unspecified atom stereocenters. The van der Waals surface area contributed by atoms with Crippen LogP contribution in [0.4, 0.5) is 10.1 Å². The van der Waals surface area contributed by atoms with E-state index in [1.165, 1.54) is 19.1 Å². The Balaban J connectivity index is 1.56. The Morgan fingerprint density at radius 1 is 1.00 bits per heavy atom. The van der Waals surface area contributed by atoms with E-state index in [1.54, 1.807) is 29.2 Å². The molecule has 0 atom stereocenters. The number of sulfone groups is 1. The van der Waals surface area contributed by atoms with Crippen LogP contribution in [0.25, 0.3) is 5.57 Å². The number of amides is 1. The Kier molecular flexibility index (Phi) is 6.38. The fraction of sp³-hybridized carbons (Fsp3) is 0.360. The lowest BCUT2D eigenvalue weighted by Gasteiger charge is -2.36. The van der Waals surface area contributed by atoms with E-state index in [-0.39, 0.29) is 16.6 Å². The summed E-state index contributed by atoms with van der Waals surface area (Å²) in [4.78, 5) is 28.6. The van der Waals surface area contributed by atoms with Gasteiger partial charge in [0, 0.05) is 43.6 Å². The zero-order chi connectivity index (χ0) is 23.8. The molecule has 1 saturated heterocycles. The number of piperazine rings is 1. The molecule has 1 aliphatic heterocycles. The summed E-state index contributed by atoms with van der Waals surface area (Å²) >= 11 is 0. The smallest absolute Gasteiger partial charge is 0.254 e. The van der Waals surface area contributed by atoms with Gasteiger partial charge in [-0.3, -0.25) is 9.59 Å². The van der Waals surface area contributed by atoms with Crippen molar-refractivity contribution >= 4 is 32.8 Å². The van der Waals surface area contributed by atoms with Gasteiger partial charge in [0.05, 0.1) is 10.6 Å². The molecule has 0 saturated carbocycles. The van der Waals surface area contributed by atoms with Gasteiger partial charge in [-0.2, -0.15) is 0 Å². The third kappa shape index (κ3) is 4.85. The monoisotopic (exact) mass is 470 g/mol. The molecule has 6 nitrogen and oxygen atoms in total. The molecule has 1 amide bonds. The number of hydrogen-bond donors (Lipinski definition) is 0. The highest BCUT2D eigenvalue weighted by Crippen LogP contribution is 2.32. The molecule has 174 valence electrons. The molecule has 2 aromatic carbocycles. The molecule has 1 aliphatic carbocycles. The van der Waals surface area contributed by atoms with Crippen LogP contribution >= 0.6 is 0 Å². The van der Waals surface area contributed by atoms with E-state index >= 15 is 0 Å². The van der Waals surface area contributed by atoms with E-state index in [0.29, 0.717) is 43.0 Å². The van der Waals surface area contributed by atoms with Crippen molar-refractivity contribution in [3.05, 3.63) is 65.0 Å². The summed E-state index contributed by atoms with van der Waals surface area (Å²) in [6, 6.07) is 9.24. The van der Waals surface area contributed by atoms with E-state index in [0.717, 1.165) is 36.7 Å². The molecule has 0 N–H and O–H groups in total. The van der Waals surface area contributed by atoms with Gasteiger partial charge in [0.15, 0.2) is 15.6 Å². The molecule has 4 rings (SSSR count). The summed E-state index contributed by atoms with van der Waals surface area (Å²) in [6.45, 7) is 3.04. The lowest BCUT2D eigenvalue weighted by Crippen LogP contribution is -2.49. The van der Waals surface area contributed by atoms with Gasteiger partial charge in [-0.15, -0.1) is 0 Å². The lowest BCUT2D eigenvalue weighted by atomic mass is 9.98. The van der Waals surface area contributed by atoms with Crippen LogP contribution < -0.4 is 4.90 Å². The Hall–Kier alpha value is -3.00. The fourth-order valence-electron chi connectivity index (χ4n) is 4.43. The normalized spacial score (nSPS) is 16.6. The van der Waals surface area contributed by atoms with Gasteiger partial charge >= 0.3 is 0 Å². The fourth-order valence-corrected chi connectivity index (χ4v) is 5.08. The second kappa shape index (κ2) is 9.09. The Bertz CT molecular complexity index is 1250. The number of nitrogens with zero attached hydrogens (tertiary/aromatic N) is 2. The van der Waals surface area contributed by atoms with Crippen molar-refractivity contribution in [1.29, 1.82) is 0 Å². The number of Topliss-reactive ketones (excluding diaryl/α,β-unsaturated/α-hetero) is 1. The number of carbonyl (C=O) groups excluding carboxylic acids is 2. The third-order valence-corrected chi connectivity index (χ3v) is 7.41. The van der Waals surface area contributed by atoms with E-state index < -0.39 is 15.7 Å². The first-order valence-corrected chi connectivity index (χ1v) is 12.9. The molecule has 0 aromatic heterocycles. The number of benzene rings is 2. The van der Waals surface area contributed by atoms with Gasteiger partial charge in [-0.05, 0) is 67.7 Å². The quantitative estimate of drug-likeness (QED) is 0.619. The zero-order valence-electron chi connectivity index (χ0n) is 18.8. The summed E-state index contributed by atoms with van der Waals surface area (Å²) in [6.07, 6.45) is 6.07. The number of ketones is 1. The van der Waals surface area contributed by atoms with Crippen molar-refractivity contribution in [3.8, 4) is 0 Å². The van der Waals surface area contributed by atoms with Crippen LogP contribution in [0.15, 0.2) is 47.4 Å². The maximum Gasteiger partial charge on any atom is 0.254 e. The highest BCUT2D eigenvalue weighted by atomic mass is 32.2. The molecule has 1 heterocycles. The van der Waals surface area contributed by atoms with Crippen molar-refractivity contribution in [3.63, 3.8) is 0 Å². The van der Waals surface area contributed by atoms with E-state index in [1.807, 2.05) is 4.90 Å². The first kappa shape index (κ1) is 23.2. The average Bonchev–Trinajstić information content (AvgIpc) is 3.32. The summed E-state index contributed by atoms with van der Waals surface area (Å²) in [7, 11) is -3.45. The van der Waals surface area contributed by atoms with Crippen LogP contribution in [0.1, 0.15) is 52.5 Å². The number of hydrogen-bond acceptors (Lipinski definition) is 5. The van der Waals surface area contributed by atoms with Gasteiger partial charge in [0.2, 0.25) is 0 Å². The van der Waals surface area contributed by atoms with Gasteiger partial charge < -0.3 is 9.80 Å². The topological polar surface area (TPSA) is 74.8 Å². The standard InChI is InChI=1S/C25H27FN2O4S/c1-17(29)19-7-10-24(23(26)15-19)27-11-13-28(14-12-27)25(30)22-16-20(33(2,31)32)8-9-21(22)18-5-3-4-6-18/h5,7-10,15-16H,3-4,6,11-14H2,1-2H3. The molecule has 0 radical (unpaired) electrons. The Morgan fingerprint density at radius 2 is 1.73 bits per heavy atom. The van der Waals surface area contributed by atoms with Crippen LogP contribution in [-0.4, -0.2) is 57.4 Å². The van der Waals surface area contributed by atoms with E-state index in [9.17, 15) is 22.4 Å². The lowest BCUT2D eigenvalue weighted by molar-refractivity contribution is 0.0745. The second-order valence-corrected chi connectivity index (χ2v) is 10.6. The number of anilines is 1. The third-order valence-electron chi connectivity index (χ3n) is 6.30. The molecular formula is C25H27FN2O4S. The highest BCUT2D eigenvalue weighted by Gasteiger charge is 2.27. The van der Waals surface area contributed by atoms with Crippen LogP contribution in [0.2, 0.25) is 0 Å². The maximum absolute atomic E-state index is 14.6. The largest absolute Gasteiger partial charge is 0.366 e. The number of halogens is 1. The van der Waals surface area contributed by atoms with Gasteiger partial charge in [0.1, 0.15) is 5.82 Å². The highest BCUT2D eigenvalue weighted by molar-refractivity contribution is 7.90. The minimum absolute atomic E-state index is 0.125. The molecule has 1 fully saturated rings. The molecule has 0 spiro atoms. The van der Waals surface area contributed by atoms with Crippen LogP contribution in [0, 0.1) is 5.82 Å². The maximum atomic E-state index is 14.6. The van der Waals surface area contributed by atoms with Crippen molar-refractivity contribution in [1.82, 2.24) is 4.90 Å². The number of carbonyl (C=O) groups is 2.